The zero-order chi connectivity index (χ0) is 7.94. The van der Waals surface area contributed by atoms with Gasteiger partial charge in [-0.1, -0.05) is 6.04 Å². The lowest BCUT2D eigenvalue weighted by Gasteiger charge is -2.21. The molecule has 0 saturated carbocycles. The SMILES string of the molecule is NCCC[SiH2]C1CCCCO1. The van der Waals surface area contributed by atoms with Gasteiger partial charge in [-0.15, -0.1) is 0 Å². The van der Waals surface area contributed by atoms with Gasteiger partial charge in [-0.3, -0.25) is 0 Å². The van der Waals surface area contributed by atoms with Gasteiger partial charge in [0.25, 0.3) is 0 Å². The van der Waals surface area contributed by atoms with Crippen LogP contribution in [0.5, 0.6) is 0 Å². The summed E-state index contributed by atoms with van der Waals surface area (Å²) in [6.45, 7) is 1.88. The summed E-state index contributed by atoms with van der Waals surface area (Å²) in [5.41, 5.74) is 6.12. The summed E-state index contributed by atoms with van der Waals surface area (Å²) >= 11 is 0. The molecule has 1 fully saturated rings. The summed E-state index contributed by atoms with van der Waals surface area (Å²) in [5.74, 6) is 0. The molecule has 1 aliphatic heterocycles. The van der Waals surface area contributed by atoms with E-state index in [-0.39, 0.29) is 9.52 Å². The molecule has 0 radical (unpaired) electrons. The summed E-state index contributed by atoms with van der Waals surface area (Å²) in [6, 6.07) is 1.38. The van der Waals surface area contributed by atoms with Crippen LogP contribution in [0, 0.1) is 0 Å². The Morgan fingerprint density at radius 2 is 2.36 bits per heavy atom. The Kier molecular flexibility index (Phi) is 4.82. The Bertz CT molecular complexity index is 94.1. The fourth-order valence-corrected chi connectivity index (χ4v) is 3.49. The molecule has 0 aromatic carbocycles. The molecule has 1 saturated heterocycles. The number of hydrogen-bond donors (Lipinski definition) is 1. The highest BCUT2D eigenvalue weighted by atomic mass is 28.2. The van der Waals surface area contributed by atoms with Crippen LogP contribution in [0.2, 0.25) is 6.04 Å². The molecular formula is C8H19NOSi. The molecular weight excluding hydrogens is 154 g/mol. The van der Waals surface area contributed by atoms with Crippen molar-refractivity contribution in [2.75, 3.05) is 13.2 Å². The molecule has 0 spiro atoms. The van der Waals surface area contributed by atoms with Crippen molar-refractivity contribution >= 4 is 9.52 Å². The molecule has 1 heterocycles. The first-order valence-corrected chi connectivity index (χ1v) is 6.57. The maximum atomic E-state index is 5.65. The van der Waals surface area contributed by atoms with Crippen LogP contribution in [0.4, 0.5) is 0 Å². The van der Waals surface area contributed by atoms with E-state index in [4.69, 9.17) is 10.5 Å². The van der Waals surface area contributed by atoms with Gasteiger partial charge >= 0.3 is 0 Å². The van der Waals surface area contributed by atoms with Crippen LogP contribution in [0.3, 0.4) is 0 Å². The third-order valence-electron chi connectivity index (χ3n) is 2.25. The summed E-state index contributed by atoms with van der Waals surface area (Å²) in [6.07, 6.45) is 5.21. The van der Waals surface area contributed by atoms with E-state index in [1.165, 1.54) is 31.7 Å². The molecule has 0 aliphatic carbocycles. The van der Waals surface area contributed by atoms with Gasteiger partial charge in [0.2, 0.25) is 0 Å². The predicted octanol–water partition coefficient (Wildman–Crippen LogP) is 0.449. The van der Waals surface area contributed by atoms with Crippen molar-refractivity contribution in [2.45, 2.75) is 37.5 Å². The third-order valence-corrected chi connectivity index (χ3v) is 4.45. The zero-order valence-corrected chi connectivity index (χ0v) is 8.63. The van der Waals surface area contributed by atoms with Crippen molar-refractivity contribution in [3.8, 4) is 0 Å². The lowest BCUT2D eigenvalue weighted by Crippen LogP contribution is -2.25. The van der Waals surface area contributed by atoms with Crippen LogP contribution in [0.15, 0.2) is 0 Å². The summed E-state index contributed by atoms with van der Waals surface area (Å²) < 4.78 is 5.65. The Morgan fingerprint density at radius 3 is 3.00 bits per heavy atom. The Balaban J connectivity index is 1.96. The van der Waals surface area contributed by atoms with E-state index in [0.717, 1.165) is 13.2 Å². The predicted molar refractivity (Wildman–Crippen MR) is 50.6 cm³/mol. The lowest BCUT2D eigenvalue weighted by molar-refractivity contribution is 0.0650. The standard InChI is InChI=1S/C8H19NOSi/c9-5-3-7-11-8-4-1-2-6-10-8/h8H,1-7,9,11H2. The van der Waals surface area contributed by atoms with Gasteiger partial charge < -0.3 is 10.5 Å². The van der Waals surface area contributed by atoms with E-state index in [2.05, 4.69) is 0 Å². The second-order valence-electron chi connectivity index (χ2n) is 3.27. The van der Waals surface area contributed by atoms with Gasteiger partial charge in [-0.25, -0.2) is 0 Å². The monoisotopic (exact) mass is 173 g/mol. The van der Waals surface area contributed by atoms with E-state index in [9.17, 15) is 0 Å². The molecule has 0 amide bonds. The van der Waals surface area contributed by atoms with Crippen molar-refractivity contribution in [1.29, 1.82) is 0 Å². The van der Waals surface area contributed by atoms with E-state index >= 15 is 0 Å². The van der Waals surface area contributed by atoms with E-state index in [0.29, 0.717) is 5.73 Å². The first kappa shape index (κ1) is 9.23. The van der Waals surface area contributed by atoms with Crippen LogP contribution in [0.1, 0.15) is 25.7 Å². The molecule has 11 heavy (non-hydrogen) atoms. The number of rotatable bonds is 4. The maximum absolute atomic E-state index is 5.65. The van der Waals surface area contributed by atoms with Crippen LogP contribution >= 0.6 is 0 Å². The average molecular weight is 173 g/mol. The first-order chi connectivity index (χ1) is 5.43. The van der Waals surface area contributed by atoms with Crippen molar-refractivity contribution in [1.82, 2.24) is 0 Å². The number of nitrogens with two attached hydrogens (primary N) is 1. The Morgan fingerprint density at radius 1 is 1.45 bits per heavy atom. The smallest absolute Gasteiger partial charge is 0.0556 e. The summed E-state index contributed by atoms with van der Waals surface area (Å²) in [5, 5.41) is 0. The van der Waals surface area contributed by atoms with E-state index in [1.807, 2.05) is 0 Å². The highest BCUT2D eigenvalue weighted by molar-refractivity contribution is 6.37. The number of ether oxygens (including phenoxy) is 1. The van der Waals surface area contributed by atoms with Gasteiger partial charge in [0.1, 0.15) is 0 Å². The third kappa shape index (κ3) is 3.89. The molecule has 1 unspecified atom stereocenters. The second-order valence-corrected chi connectivity index (χ2v) is 5.47. The minimum absolute atomic E-state index is 0.0523. The first-order valence-electron chi connectivity index (χ1n) is 4.75. The van der Waals surface area contributed by atoms with Crippen molar-refractivity contribution in [3.05, 3.63) is 0 Å². The highest BCUT2D eigenvalue weighted by Gasteiger charge is 2.12. The molecule has 1 atom stereocenters. The molecule has 66 valence electrons. The van der Waals surface area contributed by atoms with Gasteiger partial charge in [0.05, 0.1) is 9.52 Å². The fourth-order valence-electron chi connectivity index (χ4n) is 1.55. The fraction of sp³-hybridized carbons (Fsp3) is 1.00. The summed E-state index contributed by atoms with van der Waals surface area (Å²) in [4.78, 5) is 0. The van der Waals surface area contributed by atoms with Crippen molar-refractivity contribution in [2.24, 2.45) is 5.73 Å². The Labute approximate surface area is 71.3 Å². The van der Waals surface area contributed by atoms with Crippen molar-refractivity contribution in [3.63, 3.8) is 0 Å². The van der Waals surface area contributed by atoms with Crippen molar-refractivity contribution < 1.29 is 4.74 Å². The normalized spacial score (nSPS) is 26.5. The minimum Gasteiger partial charge on any atom is -0.382 e. The largest absolute Gasteiger partial charge is 0.382 e. The van der Waals surface area contributed by atoms with E-state index in [1.54, 1.807) is 0 Å². The number of hydrogen-bond acceptors (Lipinski definition) is 2. The molecule has 1 aliphatic rings. The average Bonchev–Trinajstić information content (AvgIpc) is 2.07. The second kappa shape index (κ2) is 5.74. The minimum atomic E-state index is 0.0523. The van der Waals surface area contributed by atoms with Crippen LogP contribution in [0.25, 0.3) is 0 Å². The van der Waals surface area contributed by atoms with E-state index < -0.39 is 0 Å². The molecule has 1 rings (SSSR count). The van der Waals surface area contributed by atoms with Crippen LogP contribution in [-0.2, 0) is 4.74 Å². The van der Waals surface area contributed by atoms with Gasteiger partial charge in [-0.2, -0.15) is 0 Å². The maximum Gasteiger partial charge on any atom is 0.0556 e. The molecule has 2 N–H and O–H groups in total. The van der Waals surface area contributed by atoms with Gasteiger partial charge in [-0.05, 0) is 32.2 Å². The van der Waals surface area contributed by atoms with Crippen LogP contribution in [-0.4, -0.2) is 28.4 Å². The van der Waals surface area contributed by atoms with Gasteiger partial charge in [0.15, 0.2) is 0 Å². The quantitative estimate of drug-likeness (QED) is 0.495. The molecule has 0 bridgehead atoms. The lowest BCUT2D eigenvalue weighted by atomic mass is 10.2. The zero-order valence-electron chi connectivity index (χ0n) is 7.22. The van der Waals surface area contributed by atoms with Gasteiger partial charge in [0, 0.05) is 12.3 Å². The highest BCUT2D eigenvalue weighted by Crippen LogP contribution is 2.12. The molecule has 0 aromatic rings. The topological polar surface area (TPSA) is 35.2 Å². The Hall–Kier alpha value is 0.137. The molecule has 2 nitrogen and oxygen atoms in total. The molecule has 3 heteroatoms. The summed E-state index contributed by atoms with van der Waals surface area (Å²) in [7, 11) is 0.0523. The van der Waals surface area contributed by atoms with Crippen LogP contribution < -0.4 is 5.73 Å². The molecule has 0 aromatic heterocycles.